The van der Waals surface area contributed by atoms with Crippen molar-refractivity contribution >= 4 is 34.3 Å². The zero-order chi connectivity index (χ0) is 22.9. The van der Waals surface area contributed by atoms with Crippen molar-refractivity contribution in [1.82, 2.24) is 9.97 Å². The highest BCUT2D eigenvalue weighted by Gasteiger charge is 2.26. The summed E-state index contributed by atoms with van der Waals surface area (Å²) in [6, 6.07) is 20.8. The molecule has 0 bridgehead atoms. The molecule has 1 aromatic heterocycles. The smallest absolute Gasteiger partial charge is 0.338 e. The maximum atomic E-state index is 13.3. The molecule has 0 saturated carbocycles. The van der Waals surface area contributed by atoms with E-state index in [-0.39, 0.29) is 12.5 Å². The summed E-state index contributed by atoms with van der Waals surface area (Å²) in [7, 11) is 0. The Labute approximate surface area is 191 Å². The summed E-state index contributed by atoms with van der Waals surface area (Å²) >= 11 is 0. The van der Waals surface area contributed by atoms with Gasteiger partial charge in [0.15, 0.2) is 6.61 Å². The third-order valence-corrected chi connectivity index (χ3v) is 6.02. The van der Waals surface area contributed by atoms with E-state index < -0.39 is 5.97 Å². The van der Waals surface area contributed by atoms with Gasteiger partial charge in [0.25, 0.3) is 5.91 Å². The van der Waals surface area contributed by atoms with Gasteiger partial charge in [0.1, 0.15) is 0 Å². The lowest BCUT2D eigenvalue weighted by Crippen LogP contribution is -2.31. The number of esters is 1. The Morgan fingerprint density at radius 2 is 1.39 bits per heavy atom. The first-order valence-corrected chi connectivity index (χ1v) is 10.9. The van der Waals surface area contributed by atoms with Crippen LogP contribution in [0.3, 0.4) is 0 Å². The number of carbonyl (C=O) groups is 2. The minimum atomic E-state index is -0.568. The summed E-state index contributed by atoms with van der Waals surface area (Å²) in [5, 5.41) is 0. The second-order valence-corrected chi connectivity index (χ2v) is 8.16. The van der Waals surface area contributed by atoms with Gasteiger partial charge >= 0.3 is 5.97 Å². The Balaban J connectivity index is 1.40. The molecule has 0 N–H and O–H groups in total. The van der Waals surface area contributed by atoms with Gasteiger partial charge in [0.2, 0.25) is 0 Å². The number of carbonyl (C=O) groups excluding carboxylic acids is 2. The van der Waals surface area contributed by atoms with E-state index in [0.717, 1.165) is 46.7 Å². The quantitative estimate of drug-likeness (QED) is 0.428. The van der Waals surface area contributed by atoms with Crippen LogP contribution in [-0.2, 0) is 22.4 Å². The molecule has 6 heteroatoms. The molecule has 164 valence electrons. The molecule has 6 nitrogen and oxygen atoms in total. The van der Waals surface area contributed by atoms with Crippen molar-refractivity contribution in [3.05, 3.63) is 94.8 Å². The van der Waals surface area contributed by atoms with E-state index in [1.165, 1.54) is 0 Å². The van der Waals surface area contributed by atoms with E-state index in [9.17, 15) is 9.59 Å². The number of hydrogen-bond donors (Lipinski definition) is 0. The van der Waals surface area contributed by atoms with Gasteiger partial charge in [-0.25, -0.2) is 14.8 Å². The summed E-state index contributed by atoms with van der Waals surface area (Å²) < 4.78 is 5.44. The lowest BCUT2D eigenvalue weighted by molar-refractivity contribution is -0.120. The van der Waals surface area contributed by atoms with Crippen LogP contribution < -0.4 is 4.90 Å². The summed E-state index contributed by atoms with van der Waals surface area (Å²) in [5.74, 6) is -0.862. The predicted octanol–water partition coefficient (Wildman–Crippen LogP) is 4.87. The monoisotopic (exact) mass is 437 g/mol. The number of hydrogen-bond acceptors (Lipinski definition) is 5. The first kappa shape index (κ1) is 20.8. The highest BCUT2D eigenvalue weighted by Crippen LogP contribution is 2.36. The largest absolute Gasteiger partial charge is 0.452 e. The number of aryl methyl sites for hydroxylation is 4. The molecule has 1 aliphatic heterocycles. The number of anilines is 2. The van der Waals surface area contributed by atoms with Crippen molar-refractivity contribution in [2.24, 2.45) is 0 Å². The molecule has 0 spiro atoms. The normalized spacial score (nSPS) is 12.6. The molecular weight excluding hydrogens is 414 g/mol. The number of nitrogens with zero attached hydrogens (tertiary/aromatic N) is 3. The van der Waals surface area contributed by atoms with E-state index in [1.807, 2.05) is 62.4 Å². The topological polar surface area (TPSA) is 72.4 Å². The minimum Gasteiger partial charge on any atom is -0.452 e. The third-order valence-electron chi connectivity index (χ3n) is 6.02. The van der Waals surface area contributed by atoms with Gasteiger partial charge < -0.3 is 4.74 Å². The van der Waals surface area contributed by atoms with E-state index in [2.05, 4.69) is 9.97 Å². The van der Waals surface area contributed by atoms with Crippen LogP contribution in [0.15, 0.2) is 66.7 Å². The summed E-state index contributed by atoms with van der Waals surface area (Å²) in [4.78, 5) is 36.7. The lowest BCUT2D eigenvalue weighted by Gasteiger charge is -2.24. The zero-order valence-electron chi connectivity index (χ0n) is 18.5. The summed E-state index contributed by atoms with van der Waals surface area (Å²) in [5.41, 5.74) is 7.16. The minimum absolute atomic E-state index is 0.294. The first-order chi connectivity index (χ1) is 16.0. The van der Waals surface area contributed by atoms with Crippen molar-refractivity contribution in [3.63, 3.8) is 0 Å². The Morgan fingerprint density at radius 3 is 2.03 bits per heavy atom. The van der Waals surface area contributed by atoms with Crippen LogP contribution in [0, 0.1) is 13.8 Å². The third kappa shape index (κ3) is 3.96. The molecule has 0 radical (unpaired) electrons. The van der Waals surface area contributed by atoms with Crippen molar-refractivity contribution in [3.8, 4) is 0 Å². The fourth-order valence-electron chi connectivity index (χ4n) is 4.18. The number of fused-ring (bicyclic) bond motifs is 3. The Morgan fingerprint density at radius 1 is 0.818 bits per heavy atom. The standard InChI is InChI=1S/C27H23N3O3/c1-17-18(2)29-23-15-21(13-14-22(23)28-17)27(32)33-16-26(31)30-24-9-5-3-7-19(24)11-12-20-8-4-6-10-25(20)30/h3-10,13-15H,11-12,16H2,1-2H3. The van der Waals surface area contributed by atoms with Crippen LogP contribution in [0.1, 0.15) is 32.9 Å². The van der Waals surface area contributed by atoms with Gasteiger partial charge in [-0.3, -0.25) is 9.69 Å². The zero-order valence-corrected chi connectivity index (χ0v) is 18.5. The van der Waals surface area contributed by atoms with Gasteiger partial charge in [-0.1, -0.05) is 36.4 Å². The lowest BCUT2D eigenvalue weighted by atomic mass is 10.0. The Bertz CT molecular complexity index is 1350. The summed E-state index contributed by atoms with van der Waals surface area (Å²) in [6.07, 6.45) is 1.68. The van der Waals surface area contributed by atoms with Crippen molar-refractivity contribution in [2.45, 2.75) is 26.7 Å². The average Bonchev–Trinajstić information content (AvgIpc) is 3.00. The molecule has 0 unspecified atom stereocenters. The van der Waals surface area contributed by atoms with E-state index in [1.54, 1.807) is 23.1 Å². The number of benzene rings is 3. The summed E-state index contributed by atoms with van der Waals surface area (Å²) in [6.45, 7) is 3.41. The second-order valence-electron chi connectivity index (χ2n) is 8.16. The van der Waals surface area contributed by atoms with Crippen LogP contribution in [0.5, 0.6) is 0 Å². The van der Waals surface area contributed by atoms with E-state index >= 15 is 0 Å². The number of rotatable bonds is 3. The molecule has 2 heterocycles. The molecule has 4 aromatic rings. The highest BCUT2D eigenvalue weighted by molar-refractivity contribution is 6.04. The van der Waals surface area contributed by atoms with Gasteiger partial charge in [-0.2, -0.15) is 0 Å². The second kappa shape index (κ2) is 8.47. The maximum Gasteiger partial charge on any atom is 0.338 e. The van der Waals surface area contributed by atoms with Crippen LogP contribution >= 0.6 is 0 Å². The van der Waals surface area contributed by atoms with Crippen LogP contribution in [0.2, 0.25) is 0 Å². The van der Waals surface area contributed by atoms with Crippen molar-refractivity contribution in [2.75, 3.05) is 11.5 Å². The van der Waals surface area contributed by atoms with Crippen LogP contribution in [0.4, 0.5) is 11.4 Å². The van der Waals surface area contributed by atoms with Crippen LogP contribution in [0.25, 0.3) is 11.0 Å². The molecular formula is C27H23N3O3. The van der Waals surface area contributed by atoms with Gasteiger partial charge in [-0.15, -0.1) is 0 Å². The van der Waals surface area contributed by atoms with E-state index in [0.29, 0.717) is 16.6 Å². The molecule has 33 heavy (non-hydrogen) atoms. The van der Waals surface area contributed by atoms with Gasteiger partial charge in [0, 0.05) is 0 Å². The van der Waals surface area contributed by atoms with Gasteiger partial charge in [-0.05, 0) is 68.1 Å². The molecule has 1 amide bonds. The molecule has 5 rings (SSSR count). The highest BCUT2D eigenvalue weighted by atomic mass is 16.5. The maximum absolute atomic E-state index is 13.3. The van der Waals surface area contributed by atoms with E-state index in [4.69, 9.17) is 4.74 Å². The van der Waals surface area contributed by atoms with Gasteiger partial charge in [0.05, 0.1) is 39.4 Å². The first-order valence-electron chi connectivity index (χ1n) is 10.9. The van der Waals surface area contributed by atoms with Crippen molar-refractivity contribution < 1.29 is 14.3 Å². The SMILES string of the molecule is Cc1nc2ccc(C(=O)OCC(=O)N3c4ccccc4CCc4ccccc43)cc2nc1C. The Kier molecular flexibility index (Phi) is 5.34. The molecule has 0 aliphatic carbocycles. The molecule has 1 aliphatic rings. The Hall–Kier alpha value is -4.06. The fourth-order valence-corrected chi connectivity index (χ4v) is 4.18. The predicted molar refractivity (Wildman–Crippen MR) is 127 cm³/mol. The number of para-hydroxylation sites is 2. The molecule has 0 fully saturated rings. The number of aromatic nitrogens is 2. The molecule has 0 atom stereocenters. The van der Waals surface area contributed by atoms with Crippen molar-refractivity contribution in [1.29, 1.82) is 0 Å². The fraction of sp³-hybridized carbons (Fsp3) is 0.185. The average molecular weight is 437 g/mol. The molecule has 0 saturated heterocycles. The molecule has 3 aromatic carbocycles. The number of amides is 1. The van der Waals surface area contributed by atoms with Crippen LogP contribution in [-0.4, -0.2) is 28.5 Å². The number of ether oxygens (including phenoxy) is 1.